The van der Waals surface area contributed by atoms with E-state index in [1.165, 1.54) is 0 Å². The van der Waals surface area contributed by atoms with Gasteiger partial charge >= 0.3 is 0 Å². The first-order valence-corrected chi connectivity index (χ1v) is 6.84. The van der Waals surface area contributed by atoms with Crippen molar-refractivity contribution in [1.82, 2.24) is 10.1 Å². The molecule has 100 valence electrons. The molecule has 1 atom stereocenters. The predicted octanol–water partition coefficient (Wildman–Crippen LogP) is 4.72. The van der Waals surface area contributed by atoms with Crippen molar-refractivity contribution >= 4 is 23.2 Å². The Balaban J connectivity index is 1.89. The smallest absolute Gasteiger partial charge is 0.249 e. The standard InChI is InChI=1S/C15H10Cl2N2O/c16-12-8-6-11(7-9-12)14-18-15(20-19-14)13(17)10-4-2-1-3-5-10/h1-9,13H. The van der Waals surface area contributed by atoms with E-state index in [1.54, 1.807) is 12.1 Å². The second kappa shape index (κ2) is 5.65. The third-order valence-corrected chi connectivity index (χ3v) is 3.54. The molecular weight excluding hydrogens is 295 g/mol. The van der Waals surface area contributed by atoms with Crippen LogP contribution in [0.3, 0.4) is 0 Å². The van der Waals surface area contributed by atoms with E-state index in [0.717, 1.165) is 11.1 Å². The number of aromatic nitrogens is 2. The van der Waals surface area contributed by atoms with Gasteiger partial charge in [0.15, 0.2) is 0 Å². The molecule has 3 nitrogen and oxygen atoms in total. The number of hydrogen-bond donors (Lipinski definition) is 0. The van der Waals surface area contributed by atoms with Crippen LogP contribution in [-0.4, -0.2) is 10.1 Å². The molecule has 5 heteroatoms. The number of hydrogen-bond acceptors (Lipinski definition) is 3. The Labute approximate surface area is 126 Å². The normalized spacial score (nSPS) is 12.3. The molecule has 0 aliphatic carbocycles. The van der Waals surface area contributed by atoms with Gasteiger partial charge in [0.1, 0.15) is 5.38 Å². The molecule has 0 fully saturated rings. The molecule has 0 aliphatic rings. The lowest BCUT2D eigenvalue weighted by molar-refractivity contribution is 0.383. The predicted molar refractivity (Wildman–Crippen MR) is 78.9 cm³/mol. The van der Waals surface area contributed by atoms with Gasteiger partial charge in [-0.25, -0.2) is 0 Å². The van der Waals surface area contributed by atoms with Crippen molar-refractivity contribution in [2.45, 2.75) is 5.38 Å². The molecule has 0 radical (unpaired) electrons. The van der Waals surface area contributed by atoms with Gasteiger partial charge in [0.25, 0.3) is 0 Å². The number of nitrogens with zero attached hydrogens (tertiary/aromatic N) is 2. The summed E-state index contributed by atoms with van der Waals surface area (Å²) in [6.45, 7) is 0. The van der Waals surface area contributed by atoms with E-state index in [0.29, 0.717) is 16.7 Å². The van der Waals surface area contributed by atoms with Gasteiger partial charge < -0.3 is 4.52 Å². The van der Waals surface area contributed by atoms with Crippen LogP contribution in [0.25, 0.3) is 11.4 Å². The molecule has 2 aromatic carbocycles. The van der Waals surface area contributed by atoms with Crippen LogP contribution in [0.2, 0.25) is 5.02 Å². The molecule has 20 heavy (non-hydrogen) atoms. The van der Waals surface area contributed by atoms with E-state index in [4.69, 9.17) is 27.7 Å². The van der Waals surface area contributed by atoms with E-state index >= 15 is 0 Å². The van der Waals surface area contributed by atoms with Crippen molar-refractivity contribution in [3.05, 3.63) is 71.1 Å². The Morgan fingerprint density at radius 2 is 1.65 bits per heavy atom. The number of benzene rings is 2. The average Bonchev–Trinajstić information content (AvgIpc) is 2.98. The summed E-state index contributed by atoms with van der Waals surface area (Å²) < 4.78 is 5.24. The lowest BCUT2D eigenvalue weighted by atomic mass is 10.1. The Kier molecular flexibility index (Phi) is 3.72. The van der Waals surface area contributed by atoms with Gasteiger partial charge in [-0.15, -0.1) is 11.6 Å². The molecule has 0 N–H and O–H groups in total. The minimum absolute atomic E-state index is 0.378. The highest BCUT2D eigenvalue weighted by Gasteiger charge is 2.18. The Morgan fingerprint density at radius 3 is 2.35 bits per heavy atom. The van der Waals surface area contributed by atoms with Gasteiger partial charge in [-0.2, -0.15) is 4.98 Å². The first kappa shape index (κ1) is 13.2. The monoisotopic (exact) mass is 304 g/mol. The minimum Gasteiger partial charge on any atom is -0.337 e. The summed E-state index contributed by atoms with van der Waals surface area (Å²) in [6, 6.07) is 16.8. The van der Waals surface area contributed by atoms with Gasteiger partial charge in [0.05, 0.1) is 0 Å². The Bertz CT molecular complexity index is 695. The molecule has 1 aromatic heterocycles. The first-order valence-electron chi connectivity index (χ1n) is 6.02. The van der Waals surface area contributed by atoms with Crippen molar-refractivity contribution in [1.29, 1.82) is 0 Å². The molecule has 3 aromatic rings. The quantitative estimate of drug-likeness (QED) is 0.657. The first-order chi connectivity index (χ1) is 9.74. The van der Waals surface area contributed by atoms with Crippen molar-refractivity contribution in [3.63, 3.8) is 0 Å². The zero-order valence-corrected chi connectivity index (χ0v) is 11.8. The second-order valence-corrected chi connectivity index (χ2v) is 5.11. The second-order valence-electron chi connectivity index (χ2n) is 4.24. The van der Waals surface area contributed by atoms with Crippen molar-refractivity contribution < 1.29 is 4.52 Å². The summed E-state index contributed by atoms with van der Waals surface area (Å²) in [5.41, 5.74) is 1.75. The fourth-order valence-electron chi connectivity index (χ4n) is 1.82. The lowest BCUT2D eigenvalue weighted by Crippen LogP contribution is -1.93. The third-order valence-electron chi connectivity index (χ3n) is 2.85. The van der Waals surface area contributed by atoms with Gasteiger partial charge in [-0.3, -0.25) is 0 Å². The minimum atomic E-state index is -0.454. The molecule has 1 unspecified atom stereocenters. The zero-order chi connectivity index (χ0) is 13.9. The summed E-state index contributed by atoms with van der Waals surface area (Å²) in [4.78, 5) is 4.33. The maximum absolute atomic E-state index is 6.34. The molecule has 0 spiro atoms. The summed E-state index contributed by atoms with van der Waals surface area (Å²) in [5, 5.41) is 4.16. The van der Waals surface area contributed by atoms with Crippen LogP contribution in [0.4, 0.5) is 0 Å². The summed E-state index contributed by atoms with van der Waals surface area (Å²) >= 11 is 12.2. The molecule has 0 saturated carbocycles. The number of rotatable bonds is 3. The molecule has 3 rings (SSSR count). The van der Waals surface area contributed by atoms with E-state index in [1.807, 2.05) is 42.5 Å². The largest absolute Gasteiger partial charge is 0.337 e. The maximum atomic E-state index is 6.34. The topological polar surface area (TPSA) is 38.9 Å². The van der Waals surface area contributed by atoms with Gasteiger partial charge in [0, 0.05) is 10.6 Å². The molecular formula is C15H10Cl2N2O. The highest BCUT2D eigenvalue weighted by atomic mass is 35.5. The van der Waals surface area contributed by atoms with Crippen molar-refractivity contribution in [2.75, 3.05) is 0 Å². The van der Waals surface area contributed by atoms with Crippen LogP contribution in [0, 0.1) is 0 Å². The van der Waals surface area contributed by atoms with E-state index < -0.39 is 5.38 Å². The Morgan fingerprint density at radius 1 is 0.950 bits per heavy atom. The van der Waals surface area contributed by atoms with Crippen LogP contribution >= 0.6 is 23.2 Å². The molecule has 0 amide bonds. The molecule has 0 saturated heterocycles. The number of halogens is 2. The van der Waals surface area contributed by atoms with Crippen LogP contribution in [0.15, 0.2) is 59.1 Å². The molecule has 0 aliphatic heterocycles. The summed E-state index contributed by atoms with van der Waals surface area (Å²) in [7, 11) is 0. The highest BCUT2D eigenvalue weighted by molar-refractivity contribution is 6.30. The van der Waals surface area contributed by atoms with E-state index in [9.17, 15) is 0 Å². The van der Waals surface area contributed by atoms with E-state index in [-0.39, 0.29) is 0 Å². The lowest BCUT2D eigenvalue weighted by Gasteiger charge is -2.03. The van der Waals surface area contributed by atoms with Crippen LogP contribution in [-0.2, 0) is 0 Å². The average molecular weight is 305 g/mol. The molecule has 1 heterocycles. The van der Waals surface area contributed by atoms with E-state index in [2.05, 4.69) is 10.1 Å². The Hall–Kier alpha value is -1.84. The molecule has 0 bridgehead atoms. The highest BCUT2D eigenvalue weighted by Crippen LogP contribution is 2.29. The summed E-state index contributed by atoms with van der Waals surface area (Å²) in [5.74, 6) is 0.876. The fraction of sp³-hybridized carbons (Fsp3) is 0.0667. The maximum Gasteiger partial charge on any atom is 0.249 e. The van der Waals surface area contributed by atoms with Crippen LogP contribution in [0.5, 0.6) is 0 Å². The SMILES string of the molecule is Clc1ccc(-c2noc(C(Cl)c3ccccc3)n2)cc1. The third kappa shape index (κ3) is 2.69. The van der Waals surface area contributed by atoms with Crippen LogP contribution in [0.1, 0.15) is 16.8 Å². The van der Waals surface area contributed by atoms with Gasteiger partial charge in [-0.1, -0.05) is 47.1 Å². The fourth-order valence-corrected chi connectivity index (χ4v) is 2.18. The van der Waals surface area contributed by atoms with Gasteiger partial charge in [-0.05, 0) is 29.8 Å². The zero-order valence-electron chi connectivity index (χ0n) is 10.3. The van der Waals surface area contributed by atoms with Crippen molar-refractivity contribution in [3.8, 4) is 11.4 Å². The van der Waals surface area contributed by atoms with Gasteiger partial charge in [0.2, 0.25) is 11.7 Å². The number of alkyl halides is 1. The van der Waals surface area contributed by atoms with Crippen molar-refractivity contribution in [2.24, 2.45) is 0 Å². The summed E-state index contributed by atoms with van der Waals surface area (Å²) in [6.07, 6.45) is 0. The van der Waals surface area contributed by atoms with Crippen LogP contribution < -0.4 is 0 Å².